The van der Waals surface area contributed by atoms with Crippen LogP contribution in [0, 0.1) is 11.3 Å². The Bertz CT molecular complexity index is 130. The minimum Gasteiger partial charge on any atom is -0.300 e. The zero-order chi connectivity index (χ0) is 9.07. The summed E-state index contributed by atoms with van der Waals surface area (Å²) in [5.41, 5.74) is 0.284. The third-order valence-electron chi connectivity index (χ3n) is 1.93. The summed E-state index contributed by atoms with van der Waals surface area (Å²) in [5.74, 6) is 0.609. The fourth-order valence-electron chi connectivity index (χ4n) is 1.31. The number of hydrogen-bond acceptors (Lipinski definition) is 1. The van der Waals surface area contributed by atoms with Crippen molar-refractivity contribution < 1.29 is 4.79 Å². The molecular formula is C10H20O. The van der Waals surface area contributed by atoms with Gasteiger partial charge in [-0.05, 0) is 25.2 Å². The van der Waals surface area contributed by atoms with E-state index in [1.807, 2.05) is 0 Å². The summed E-state index contributed by atoms with van der Waals surface area (Å²) in [6, 6.07) is 0. The maximum Gasteiger partial charge on any atom is 0.132 e. The first-order valence-corrected chi connectivity index (χ1v) is 4.37. The van der Waals surface area contributed by atoms with Crippen LogP contribution in [0.5, 0.6) is 0 Å². The minimum absolute atomic E-state index is 0.273. The van der Waals surface area contributed by atoms with E-state index >= 15 is 0 Å². The van der Waals surface area contributed by atoms with Gasteiger partial charge in [0.1, 0.15) is 5.78 Å². The van der Waals surface area contributed by atoms with Crippen LogP contribution in [0.3, 0.4) is 0 Å². The molecule has 0 unspecified atom stereocenters. The summed E-state index contributed by atoms with van der Waals surface area (Å²) in [6.07, 6.45) is 1.99. The van der Waals surface area contributed by atoms with Crippen LogP contribution in [0.1, 0.15) is 47.5 Å². The van der Waals surface area contributed by atoms with E-state index in [1.165, 1.54) is 0 Å². The number of rotatable bonds is 3. The van der Waals surface area contributed by atoms with Crippen molar-refractivity contribution in [3.8, 4) is 0 Å². The minimum atomic E-state index is 0.273. The lowest BCUT2D eigenvalue weighted by atomic mass is 9.82. The summed E-state index contributed by atoms with van der Waals surface area (Å²) in [5, 5.41) is 0. The molecule has 11 heavy (non-hydrogen) atoms. The smallest absolute Gasteiger partial charge is 0.132 e. The van der Waals surface area contributed by atoms with Gasteiger partial charge in [0.2, 0.25) is 0 Å². The zero-order valence-corrected chi connectivity index (χ0v) is 8.40. The van der Waals surface area contributed by atoms with Gasteiger partial charge in [-0.1, -0.05) is 27.7 Å². The van der Waals surface area contributed by atoms with Gasteiger partial charge in [-0.3, -0.25) is 4.79 Å². The molecule has 0 bridgehead atoms. The van der Waals surface area contributed by atoms with E-state index in [4.69, 9.17) is 0 Å². The predicted octanol–water partition coefficient (Wildman–Crippen LogP) is 3.04. The highest BCUT2D eigenvalue weighted by Gasteiger charge is 2.20. The molecule has 0 saturated carbocycles. The molecule has 0 fully saturated rings. The van der Waals surface area contributed by atoms with E-state index < -0.39 is 0 Å². The zero-order valence-electron chi connectivity index (χ0n) is 8.40. The highest BCUT2D eigenvalue weighted by Crippen LogP contribution is 2.26. The van der Waals surface area contributed by atoms with Crippen molar-refractivity contribution in [3.63, 3.8) is 0 Å². The monoisotopic (exact) mass is 156 g/mol. The van der Waals surface area contributed by atoms with E-state index in [2.05, 4.69) is 27.7 Å². The van der Waals surface area contributed by atoms with Crippen molar-refractivity contribution in [3.05, 3.63) is 0 Å². The fraction of sp³-hybridized carbons (Fsp3) is 0.900. The Labute approximate surface area is 70.2 Å². The summed E-state index contributed by atoms with van der Waals surface area (Å²) in [6.45, 7) is 10.3. The van der Waals surface area contributed by atoms with E-state index in [1.54, 1.807) is 6.92 Å². The SMILES string of the molecule is CC[C@@H](CC(C)(C)C)C(C)=O. The molecule has 0 aliphatic heterocycles. The Kier molecular flexibility index (Phi) is 3.77. The Morgan fingerprint density at radius 2 is 1.82 bits per heavy atom. The molecule has 0 aromatic carbocycles. The number of hydrogen-bond donors (Lipinski definition) is 0. The second-order valence-corrected chi connectivity index (χ2v) is 4.48. The highest BCUT2D eigenvalue weighted by molar-refractivity contribution is 5.78. The van der Waals surface area contributed by atoms with Crippen LogP contribution in [0.4, 0.5) is 0 Å². The molecule has 1 heteroatoms. The van der Waals surface area contributed by atoms with E-state index in [9.17, 15) is 4.79 Å². The average Bonchev–Trinajstić information content (AvgIpc) is 1.80. The van der Waals surface area contributed by atoms with Crippen molar-refractivity contribution in [2.24, 2.45) is 11.3 Å². The molecule has 0 aromatic heterocycles. The lowest BCUT2D eigenvalue weighted by Crippen LogP contribution is -2.18. The van der Waals surface area contributed by atoms with Gasteiger partial charge in [0.25, 0.3) is 0 Å². The van der Waals surface area contributed by atoms with Crippen LogP contribution in [-0.2, 0) is 4.79 Å². The van der Waals surface area contributed by atoms with Gasteiger partial charge < -0.3 is 0 Å². The predicted molar refractivity (Wildman–Crippen MR) is 48.5 cm³/mol. The second-order valence-electron chi connectivity index (χ2n) is 4.48. The van der Waals surface area contributed by atoms with Crippen LogP contribution in [-0.4, -0.2) is 5.78 Å². The van der Waals surface area contributed by atoms with Crippen molar-refractivity contribution in [2.45, 2.75) is 47.5 Å². The molecule has 0 saturated heterocycles. The fourth-order valence-corrected chi connectivity index (χ4v) is 1.31. The summed E-state index contributed by atoms with van der Waals surface area (Å²) in [7, 11) is 0. The van der Waals surface area contributed by atoms with Gasteiger partial charge in [-0.2, -0.15) is 0 Å². The van der Waals surface area contributed by atoms with Crippen molar-refractivity contribution in [2.75, 3.05) is 0 Å². The average molecular weight is 156 g/mol. The maximum atomic E-state index is 11.1. The van der Waals surface area contributed by atoms with Gasteiger partial charge in [-0.15, -0.1) is 0 Å². The van der Waals surface area contributed by atoms with Crippen LogP contribution < -0.4 is 0 Å². The summed E-state index contributed by atoms with van der Waals surface area (Å²) < 4.78 is 0. The van der Waals surface area contributed by atoms with E-state index in [0.717, 1.165) is 12.8 Å². The quantitative estimate of drug-likeness (QED) is 0.614. The molecular weight excluding hydrogens is 136 g/mol. The first kappa shape index (κ1) is 10.7. The van der Waals surface area contributed by atoms with Crippen molar-refractivity contribution in [1.82, 2.24) is 0 Å². The molecule has 0 radical (unpaired) electrons. The molecule has 0 amide bonds. The molecule has 0 aliphatic carbocycles. The van der Waals surface area contributed by atoms with Gasteiger partial charge in [0.15, 0.2) is 0 Å². The molecule has 0 aliphatic rings. The van der Waals surface area contributed by atoms with Gasteiger partial charge >= 0.3 is 0 Å². The largest absolute Gasteiger partial charge is 0.300 e. The second kappa shape index (κ2) is 3.89. The van der Waals surface area contributed by atoms with Crippen LogP contribution in [0.15, 0.2) is 0 Å². The molecule has 0 aromatic rings. The number of carbonyl (C=O) groups is 1. The third-order valence-corrected chi connectivity index (χ3v) is 1.93. The van der Waals surface area contributed by atoms with Gasteiger partial charge in [-0.25, -0.2) is 0 Å². The van der Waals surface area contributed by atoms with Crippen LogP contribution in [0.2, 0.25) is 0 Å². The lowest BCUT2D eigenvalue weighted by Gasteiger charge is -2.23. The Hall–Kier alpha value is -0.330. The van der Waals surface area contributed by atoms with E-state index in [-0.39, 0.29) is 11.3 Å². The Balaban J connectivity index is 3.99. The molecule has 0 rings (SSSR count). The lowest BCUT2D eigenvalue weighted by molar-refractivity contribution is -0.121. The molecule has 1 nitrogen and oxygen atoms in total. The summed E-state index contributed by atoms with van der Waals surface area (Å²) in [4.78, 5) is 11.1. The number of carbonyl (C=O) groups excluding carboxylic acids is 1. The molecule has 0 N–H and O–H groups in total. The first-order chi connectivity index (χ1) is 4.87. The van der Waals surface area contributed by atoms with Crippen molar-refractivity contribution >= 4 is 5.78 Å². The van der Waals surface area contributed by atoms with Gasteiger partial charge in [0.05, 0.1) is 0 Å². The van der Waals surface area contributed by atoms with Gasteiger partial charge in [0, 0.05) is 5.92 Å². The Morgan fingerprint density at radius 1 is 1.36 bits per heavy atom. The van der Waals surface area contributed by atoms with E-state index in [0.29, 0.717) is 5.78 Å². The number of ketones is 1. The summed E-state index contributed by atoms with van der Waals surface area (Å²) >= 11 is 0. The standard InChI is InChI=1S/C10H20O/c1-6-9(8(2)11)7-10(3,4)5/h9H,6-7H2,1-5H3/t9-/m0/s1. The van der Waals surface area contributed by atoms with Crippen LogP contribution >= 0.6 is 0 Å². The molecule has 0 heterocycles. The topological polar surface area (TPSA) is 17.1 Å². The van der Waals surface area contributed by atoms with Crippen molar-refractivity contribution in [1.29, 1.82) is 0 Å². The normalized spacial score (nSPS) is 14.6. The maximum absolute atomic E-state index is 11.1. The van der Waals surface area contributed by atoms with Crippen LogP contribution in [0.25, 0.3) is 0 Å². The first-order valence-electron chi connectivity index (χ1n) is 4.37. The molecule has 1 atom stereocenters. The Morgan fingerprint density at radius 3 is 1.91 bits per heavy atom. The number of Topliss-reactive ketones (excluding diaryl/α,β-unsaturated/α-hetero) is 1. The molecule has 66 valence electrons. The molecule has 0 spiro atoms. The third kappa shape index (κ3) is 5.00. The highest BCUT2D eigenvalue weighted by atomic mass is 16.1.